The number of fused-ring (bicyclic) bond motifs is 1. The highest BCUT2D eigenvalue weighted by molar-refractivity contribution is 5.98. The zero-order valence-corrected chi connectivity index (χ0v) is 27.3. The van der Waals surface area contributed by atoms with E-state index in [4.69, 9.17) is 19.2 Å². The van der Waals surface area contributed by atoms with Gasteiger partial charge in [-0.3, -0.25) is 14.2 Å². The normalized spacial score (nSPS) is 16.1. The zero-order valence-electron chi connectivity index (χ0n) is 27.3. The molecule has 240 valence electrons. The lowest BCUT2D eigenvalue weighted by Gasteiger charge is -2.43. The van der Waals surface area contributed by atoms with Crippen LogP contribution in [0.15, 0.2) is 48.5 Å². The second kappa shape index (κ2) is 13.7. The van der Waals surface area contributed by atoms with Gasteiger partial charge in [-0.05, 0) is 77.3 Å². The van der Waals surface area contributed by atoms with Crippen LogP contribution in [0.4, 0.5) is 0 Å². The summed E-state index contributed by atoms with van der Waals surface area (Å²) in [6.45, 7) is 13.1. The lowest BCUT2D eigenvalue weighted by molar-refractivity contribution is -0.167. The minimum atomic E-state index is -1.55. The fourth-order valence-corrected chi connectivity index (χ4v) is 5.75. The van der Waals surface area contributed by atoms with Crippen LogP contribution in [0.1, 0.15) is 88.9 Å². The molecule has 0 aliphatic carbocycles. The zero-order chi connectivity index (χ0) is 32.9. The van der Waals surface area contributed by atoms with Crippen LogP contribution in [-0.4, -0.2) is 63.6 Å². The Morgan fingerprint density at radius 1 is 0.933 bits per heavy atom. The molecule has 1 aromatic heterocycles. The standard InChI is InChI=1S/C35H43N3O7/c1-8-13-28-36-27-20-21-37(29(39)22-30(40)43-9-2)35(7,33(42)44-10-3)31(27)38(28)24-18-16-23(17-19-24)25-14-11-12-15-26(25)32(41)45-34(4,5)6/h11-12,14-19H,8-10,13,20-22H2,1-7H3. The summed E-state index contributed by atoms with van der Waals surface area (Å²) in [5, 5.41) is 0. The van der Waals surface area contributed by atoms with Crippen LogP contribution in [0.2, 0.25) is 0 Å². The van der Waals surface area contributed by atoms with Gasteiger partial charge in [0.1, 0.15) is 17.8 Å². The predicted octanol–water partition coefficient (Wildman–Crippen LogP) is 5.56. The molecule has 1 unspecified atom stereocenters. The van der Waals surface area contributed by atoms with Crippen LogP contribution in [0.5, 0.6) is 0 Å². The lowest BCUT2D eigenvalue weighted by atomic mass is 9.87. The third-order valence-electron chi connectivity index (χ3n) is 7.62. The highest BCUT2D eigenvalue weighted by Gasteiger charge is 2.52. The van der Waals surface area contributed by atoms with E-state index in [-0.39, 0.29) is 19.8 Å². The van der Waals surface area contributed by atoms with Crippen molar-refractivity contribution in [2.45, 2.75) is 85.3 Å². The van der Waals surface area contributed by atoms with E-state index in [1.165, 1.54) is 4.90 Å². The molecule has 0 spiro atoms. The molecule has 1 amide bonds. The Bertz CT molecular complexity index is 1570. The van der Waals surface area contributed by atoms with Gasteiger partial charge in [0.2, 0.25) is 5.91 Å². The number of carbonyl (C=O) groups excluding carboxylic acids is 4. The maximum Gasteiger partial charge on any atom is 0.339 e. The smallest absolute Gasteiger partial charge is 0.339 e. The number of rotatable bonds is 10. The molecule has 4 rings (SSSR count). The Hall–Kier alpha value is -4.47. The highest BCUT2D eigenvalue weighted by atomic mass is 16.6. The summed E-state index contributed by atoms with van der Waals surface area (Å²) in [6.07, 6.45) is 1.36. The van der Waals surface area contributed by atoms with E-state index in [1.54, 1.807) is 32.9 Å². The van der Waals surface area contributed by atoms with E-state index in [1.807, 2.05) is 61.7 Å². The number of aryl methyl sites for hydroxylation is 1. The fourth-order valence-electron chi connectivity index (χ4n) is 5.75. The quantitative estimate of drug-likeness (QED) is 0.165. The number of aromatic nitrogens is 2. The number of carbonyl (C=O) groups is 4. The maximum absolute atomic E-state index is 13.8. The molecule has 0 fully saturated rings. The van der Waals surface area contributed by atoms with Crippen molar-refractivity contribution >= 4 is 23.8 Å². The molecule has 0 saturated carbocycles. The molecule has 1 aliphatic rings. The summed E-state index contributed by atoms with van der Waals surface area (Å²) >= 11 is 0. The average molecular weight is 618 g/mol. The van der Waals surface area contributed by atoms with Gasteiger partial charge >= 0.3 is 17.9 Å². The van der Waals surface area contributed by atoms with Gasteiger partial charge in [-0.2, -0.15) is 0 Å². The van der Waals surface area contributed by atoms with Gasteiger partial charge in [-0.1, -0.05) is 37.3 Å². The molecule has 10 heteroatoms. The first-order chi connectivity index (χ1) is 21.3. The summed E-state index contributed by atoms with van der Waals surface area (Å²) in [5.41, 5.74) is 1.79. The SMILES string of the molecule is CCCc1nc2c(n1-c1ccc(-c3ccccc3C(=O)OC(C)(C)C)cc1)C(C)(C(=O)OCC)N(C(=O)CC(=O)OCC)CC2. The van der Waals surface area contributed by atoms with Crippen molar-refractivity contribution in [1.82, 2.24) is 14.5 Å². The molecule has 1 atom stereocenters. The van der Waals surface area contributed by atoms with E-state index < -0.39 is 41.4 Å². The maximum atomic E-state index is 13.8. The third-order valence-corrected chi connectivity index (χ3v) is 7.62. The van der Waals surface area contributed by atoms with Gasteiger partial charge in [0.05, 0.1) is 30.2 Å². The Morgan fingerprint density at radius 3 is 2.22 bits per heavy atom. The molecule has 45 heavy (non-hydrogen) atoms. The number of amides is 1. The van der Waals surface area contributed by atoms with Crippen molar-refractivity contribution in [2.75, 3.05) is 19.8 Å². The fraction of sp³-hybridized carbons (Fsp3) is 0.457. The van der Waals surface area contributed by atoms with Gasteiger partial charge in [-0.15, -0.1) is 0 Å². The summed E-state index contributed by atoms with van der Waals surface area (Å²) in [4.78, 5) is 59.0. The Kier molecular flexibility index (Phi) is 10.2. The lowest BCUT2D eigenvalue weighted by Crippen LogP contribution is -2.58. The van der Waals surface area contributed by atoms with Crippen LogP contribution in [-0.2, 0) is 47.0 Å². The van der Waals surface area contributed by atoms with Gasteiger partial charge in [0.25, 0.3) is 0 Å². The van der Waals surface area contributed by atoms with Crippen molar-refractivity contribution in [3.05, 3.63) is 71.3 Å². The number of benzene rings is 2. The first-order valence-electron chi connectivity index (χ1n) is 15.5. The van der Waals surface area contributed by atoms with Crippen LogP contribution in [0, 0.1) is 0 Å². The highest BCUT2D eigenvalue weighted by Crippen LogP contribution is 2.40. The molecule has 1 aliphatic heterocycles. The minimum absolute atomic E-state index is 0.116. The van der Waals surface area contributed by atoms with E-state index in [0.29, 0.717) is 29.8 Å². The van der Waals surface area contributed by atoms with Crippen molar-refractivity contribution in [2.24, 2.45) is 0 Å². The van der Waals surface area contributed by atoms with Crippen molar-refractivity contribution in [3.63, 3.8) is 0 Å². The summed E-state index contributed by atoms with van der Waals surface area (Å²) in [5.74, 6) is -1.43. The molecule has 0 bridgehead atoms. The molecule has 0 N–H and O–H groups in total. The van der Waals surface area contributed by atoms with Gasteiger partial charge < -0.3 is 19.1 Å². The Balaban J connectivity index is 1.83. The second-order valence-electron chi connectivity index (χ2n) is 12.1. The predicted molar refractivity (Wildman–Crippen MR) is 169 cm³/mol. The Labute approximate surface area is 264 Å². The van der Waals surface area contributed by atoms with Gasteiger partial charge in [0.15, 0.2) is 5.54 Å². The third kappa shape index (κ3) is 6.95. The molecule has 0 radical (unpaired) electrons. The molecular weight excluding hydrogens is 574 g/mol. The van der Waals surface area contributed by atoms with Crippen molar-refractivity contribution in [3.8, 4) is 16.8 Å². The number of hydrogen-bond donors (Lipinski definition) is 0. The molecule has 2 aromatic carbocycles. The van der Waals surface area contributed by atoms with Crippen LogP contribution >= 0.6 is 0 Å². The Morgan fingerprint density at radius 2 is 1.60 bits per heavy atom. The minimum Gasteiger partial charge on any atom is -0.466 e. The van der Waals surface area contributed by atoms with Crippen LogP contribution < -0.4 is 0 Å². The van der Waals surface area contributed by atoms with Gasteiger partial charge in [0, 0.05) is 25.1 Å². The molecular formula is C35H43N3O7. The molecule has 0 saturated heterocycles. The largest absolute Gasteiger partial charge is 0.466 e. The first-order valence-corrected chi connectivity index (χ1v) is 15.5. The topological polar surface area (TPSA) is 117 Å². The van der Waals surface area contributed by atoms with E-state index in [2.05, 4.69) is 6.92 Å². The van der Waals surface area contributed by atoms with Crippen LogP contribution in [0.3, 0.4) is 0 Å². The number of nitrogens with zero attached hydrogens (tertiary/aromatic N) is 3. The molecule has 3 aromatic rings. The number of imidazole rings is 1. The average Bonchev–Trinajstić information content (AvgIpc) is 3.36. The number of ether oxygens (including phenoxy) is 3. The second-order valence-corrected chi connectivity index (χ2v) is 12.1. The van der Waals surface area contributed by atoms with E-state index in [0.717, 1.165) is 29.1 Å². The summed E-state index contributed by atoms with van der Waals surface area (Å²) in [7, 11) is 0. The van der Waals surface area contributed by atoms with Crippen molar-refractivity contribution < 1.29 is 33.4 Å². The molecule has 2 heterocycles. The van der Waals surface area contributed by atoms with Crippen molar-refractivity contribution in [1.29, 1.82) is 0 Å². The van der Waals surface area contributed by atoms with E-state index in [9.17, 15) is 19.2 Å². The van der Waals surface area contributed by atoms with Gasteiger partial charge in [-0.25, -0.2) is 14.6 Å². The summed E-state index contributed by atoms with van der Waals surface area (Å²) < 4.78 is 18.2. The monoisotopic (exact) mass is 617 g/mol. The number of esters is 3. The van der Waals surface area contributed by atoms with E-state index >= 15 is 0 Å². The number of hydrogen-bond acceptors (Lipinski definition) is 8. The molecule has 10 nitrogen and oxygen atoms in total. The summed E-state index contributed by atoms with van der Waals surface area (Å²) in [6, 6.07) is 14.9. The first kappa shape index (κ1) is 33.4. The van der Waals surface area contributed by atoms with Crippen LogP contribution in [0.25, 0.3) is 16.8 Å².